The van der Waals surface area contributed by atoms with Crippen LogP contribution in [0.15, 0.2) is 196 Å². The molecule has 11 aliphatic carbocycles. The fourth-order valence-corrected chi connectivity index (χ4v) is 33.7. The van der Waals surface area contributed by atoms with E-state index in [1.165, 1.54) is 92.0 Å². The summed E-state index contributed by atoms with van der Waals surface area (Å²) in [4.78, 5) is 0. The molecule has 8 unspecified atom stereocenters. The van der Waals surface area contributed by atoms with Crippen LogP contribution in [0.5, 0.6) is 11.5 Å². The second-order valence-electron chi connectivity index (χ2n) is 33.5. The van der Waals surface area contributed by atoms with Gasteiger partial charge in [0.2, 0.25) is 0 Å². The van der Waals surface area contributed by atoms with Crippen molar-refractivity contribution in [1.29, 1.82) is 0 Å². The van der Waals surface area contributed by atoms with Crippen molar-refractivity contribution in [2.24, 2.45) is 23.7 Å². The van der Waals surface area contributed by atoms with Crippen LogP contribution in [0.1, 0.15) is 296 Å². The Bertz CT molecular complexity index is 3510. The van der Waals surface area contributed by atoms with Gasteiger partial charge in [-0.25, -0.2) is 0 Å². The standard InChI is InChI=1S/C24H26O.C22H22O.2C18H33P.C7H8.C7H6.C4H8O.2ClH.Ru/c1-4-13-25-20-10-7-18(8-11-20)19-9-12-21-22(15-19)24-17(6-3)14-16(5-2)23(21)24;1-2-11-23-18-8-5-14(6-9-18)15-7-10-19-20(13-15)22-17-4-3-16(12-17)21(19)22;2*1-4-10-16(11-5-1)19(17-12-6-2-7-13-17)18-14-8-3-9-15-18;2*1-7-5-3-2-4-6-7;1-3-5-4-2;;;/h5-12,15-17,23-24H,2-4,13-14H2,1H3;3-10,13,16-17,21-22H,2,11-12H2,1H3;2*16-18H,1-15H2;2-6H,1H3;1-6H;3H,1,4H2,2H3;2*1H;/q;;;;;;;;;+2. The Kier molecular flexibility index (Phi) is 35.6. The predicted molar refractivity (Wildman–Crippen MR) is 473 cm³/mol. The van der Waals surface area contributed by atoms with Crippen LogP contribution in [0.4, 0.5) is 0 Å². The van der Waals surface area contributed by atoms with E-state index in [0.717, 1.165) is 73.4 Å². The molecular weight excluding hydrogens is 1480 g/mol. The first-order valence-electron chi connectivity index (χ1n) is 43.6. The van der Waals surface area contributed by atoms with Gasteiger partial charge in [0, 0.05) is 15.8 Å². The maximum absolute atomic E-state index is 5.69. The molecule has 17 rings (SSSR count). The molecule has 8 atom stereocenters. The number of aryl methyl sites for hydroxylation is 1. The Balaban J connectivity index is 0.000000131. The van der Waals surface area contributed by atoms with Crippen molar-refractivity contribution in [2.75, 3.05) is 19.8 Å². The zero-order valence-corrected chi connectivity index (χ0v) is 72.3. The van der Waals surface area contributed by atoms with Gasteiger partial charge in [-0.3, -0.25) is 0 Å². The number of halogens is 2. The summed E-state index contributed by atoms with van der Waals surface area (Å²) in [5.41, 5.74) is 21.2. The van der Waals surface area contributed by atoms with Gasteiger partial charge in [0.15, 0.2) is 0 Å². The molecule has 0 aliphatic heterocycles. The summed E-state index contributed by atoms with van der Waals surface area (Å²) in [6, 6.07) is 51.3. The van der Waals surface area contributed by atoms with Gasteiger partial charge in [-0.2, -0.15) is 0 Å². The zero-order chi connectivity index (χ0) is 75.2. The Hall–Kier alpha value is -4.39. The molecule has 0 spiro atoms. The SMILES string of the molecule is C1CCC([PH+](C2CCCCC2)C2CCCCC2)CC1.C1CCC([PH+](C2CCCCC2)C2CCCCC2)CC1.C=CC1CC(C=C)C2c3cc(-c4ccc(OCCC)cc4)ccc3C12.C=COCC.CCCOc1ccc(-c2ccc3c(c2)C2C4C=CC(C4)C32)cc1.Cc1ccccc1.[Cl][Ru]([Cl])=[CH]c1ccccc1. The predicted octanol–water partition coefficient (Wildman–Crippen LogP) is 30.2. The molecule has 586 valence electrons. The molecule has 0 radical (unpaired) electrons. The van der Waals surface area contributed by atoms with E-state index in [1.54, 1.807) is 204 Å². The van der Waals surface area contributed by atoms with Crippen LogP contribution in [-0.4, -0.2) is 58.4 Å². The maximum atomic E-state index is 5.69. The molecule has 8 fully saturated rings. The number of benzene rings is 6. The average molecular weight is 1620 g/mol. The van der Waals surface area contributed by atoms with E-state index in [9.17, 15) is 0 Å². The van der Waals surface area contributed by atoms with Crippen molar-refractivity contribution < 1.29 is 27.7 Å². The fraction of sp³-hybridized carbons (Fsp3) is 0.550. The van der Waals surface area contributed by atoms with Crippen molar-refractivity contribution in [2.45, 2.75) is 304 Å². The molecule has 0 amide bonds. The normalized spacial score (nSPS) is 24.3. The number of allylic oxidation sites excluding steroid dienone is 4. The minimum atomic E-state index is -1.61. The fourth-order valence-electron chi connectivity index (χ4n) is 21.4. The Morgan fingerprint density at radius 2 is 0.722 bits per heavy atom. The van der Waals surface area contributed by atoms with Crippen LogP contribution in [-0.2, 0) is 18.3 Å². The Labute approximate surface area is 672 Å². The molecule has 2 bridgehead atoms. The molecule has 11 aliphatic rings. The molecule has 0 N–H and O–H groups in total. The van der Waals surface area contributed by atoms with Crippen LogP contribution >= 0.6 is 35.2 Å². The third kappa shape index (κ3) is 23.6. The quantitative estimate of drug-likeness (QED) is 0.0350. The Morgan fingerprint density at radius 3 is 1.04 bits per heavy atom. The van der Waals surface area contributed by atoms with Gasteiger partial charge in [0.1, 0.15) is 11.5 Å². The molecule has 8 heteroatoms. The monoisotopic (exact) mass is 1620 g/mol. The van der Waals surface area contributed by atoms with E-state index >= 15 is 0 Å². The molecule has 6 aromatic carbocycles. The second-order valence-corrected chi connectivity index (χ2v) is 46.1. The molecule has 0 aromatic heterocycles. The molecular formula is C100H138Cl2O3P2Ru+2. The molecule has 108 heavy (non-hydrogen) atoms. The number of rotatable bonds is 19. The molecule has 8 saturated carbocycles. The number of ether oxygens (including phenoxy) is 3. The van der Waals surface area contributed by atoms with E-state index in [2.05, 4.69) is 167 Å². The van der Waals surface area contributed by atoms with Gasteiger partial charge >= 0.3 is 73.4 Å². The van der Waals surface area contributed by atoms with Crippen molar-refractivity contribution >= 4 is 39.8 Å². The summed E-state index contributed by atoms with van der Waals surface area (Å²) < 4.78 is 17.9. The van der Waals surface area contributed by atoms with E-state index in [4.69, 9.17) is 28.9 Å². The third-order valence-corrected chi connectivity index (χ3v) is 37.5. The topological polar surface area (TPSA) is 27.7 Å². The van der Waals surface area contributed by atoms with Crippen LogP contribution in [0.3, 0.4) is 0 Å². The van der Waals surface area contributed by atoms with E-state index in [0.29, 0.717) is 23.7 Å². The van der Waals surface area contributed by atoms with Crippen molar-refractivity contribution in [3.63, 3.8) is 0 Å². The molecule has 0 saturated heterocycles. The van der Waals surface area contributed by atoms with Crippen molar-refractivity contribution in [3.05, 3.63) is 229 Å². The van der Waals surface area contributed by atoms with E-state index in [-0.39, 0.29) is 15.8 Å². The van der Waals surface area contributed by atoms with Crippen LogP contribution in [0.2, 0.25) is 0 Å². The van der Waals surface area contributed by atoms with Crippen molar-refractivity contribution in [1.82, 2.24) is 0 Å². The van der Waals surface area contributed by atoms with E-state index < -0.39 is 13.5 Å². The summed E-state index contributed by atoms with van der Waals surface area (Å²) in [6.45, 7) is 22.0. The molecule has 0 heterocycles. The number of fused-ring (bicyclic) bond motifs is 12. The molecule has 6 aromatic rings. The van der Waals surface area contributed by atoms with Gasteiger partial charge < -0.3 is 14.2 Å². The zero-order valence-electron chi connectivity index (χ0n) is 67.0. The first-order chi connectivity index (χ1) is 53.1. The summed E-state index contributed by atoms with van der Waals surface area (Å²) in [5.74, 6) is 7.62. The Morgan fingerprint density at radius 1 is 0.389 bits per heavy atom. The van der Waals surface area contributed by atoms with Crippen molar-refractivity contribution in [3.8, 4) is 33.8 Å². The first-order valence-corrected chi connectivity index (χ1v) is 52.6. The van der Waals surface area contributed by atoms with Gasteiger partial charge in [-0.15, -0.1) is 13.2 Å². The van der Waals surface area contributed by atoms with Gasteiger partial charge in [0.25, 0.3) is 0 Å². The van der Waals surface area contributed by atoms with Gasteiger partial charge in [0.05, 0.1) is 60.0 Å². The molecule has 3 nitrogen and oxygen atoms in total. The second kappa shape index (κ2) is 45.5. The minimum absolute atomic E-state index is 0.0465. The summed E-state index contributed by atoms with van der Waals surface area (Å²) in [5, 5.41) is 0. The van der Waals surface area contributed by atoms with Crippen LogP contribution in [0.25, 0.3) is 22.3 Å². The summed E-state index contributed by atoms with van der Waals surface area (Å²) in [7, 11) is 11.2. The number of hydrogen-bond donors (Lipinski definition) is 0. The summed E-state index contributed by atoms with van der Waals surface area (Å²) >= 11 is -1.61. The number of hydrogen-bond acceptors (Lipinski definition) is 3. The third-order valence-electron chi connectivity index (χ3n) is 26.5. The summed E-state index contributed by atoms with van der Waals surface area (Å²) in [6.07, 6.45) is 62.9. The average Bonchev–Trinajstić information content (AvgIpc) is 1.53. The van der Waals surface area contributed by atoms with Gasteiger partial charge in [-0.05, 0) is 310 Å². The van der Waals surface area contributed by atoms with E-state index in [1.807, 2.05) is 60.1 Å². The first kappa shape index (κ1) is 84.5. The van der Waals surface area contributed by atoms with Crippen LogP contribution < -0.4 is 9.47 Å². The van der Waals surface area contributed by atoms with Gasteiger partial charge in [-0.1, -0.05) is 180 Å². The van der Waals surface area contributed by atoms with Crippen LogP contribution in [0, 0.1) is 30.6 Å².